The summed E-state index contributed by atoms with van der Waals surface area (Å²) in [6.07, 6.45) is 0.984. The Balaban J connectivity index is 1.54. The number of quaternary nitrogens is 2. The average molecular weight is 405 g/mol. The molecule has 1 aromatic heterocycles. The van der Waals surface area contributed by atoms with Crippen LogP contribution in [0.5, 0.6) is 0 Å². The predicted octanol–water partition coefficient (Wildman–Crippen LogP) is 0.298. The Morgan fingerprint density at radius 3 is 2.52 bits per heavy atom. The number of hydrogen-bond acceptors (Lipinski definition) is 2. The van der Waals surface area contributed by atoms with Gasteiger partial charge in [0.25, 0.3) is 0 Å². The molecule has 0 aliphatic carbocycles. The highest BCUT2D eigenvalue weighted by Crippen LogP contribution is 2.19. The molecular formula is C21H32N4S2+2. The van der Waals surface area contributed by atoms with E-state index in [4.69, 9.17) is 12.2 Å². The first-order chi connectivity index (χ1) is 13.1. The number of benzene rings is 1. The van der Waals surface area contributed by atoms with Gasteiger partial charge in [-0.3, -0.25) is 0 Å². The lowest BCUT2D eigenvalue weighted by Gasteiger charge is -2.36. The molecule has 2 atom stereocenters. The van der Waals surface area contributed by atoms with Gasteiger partial charge < -0.3 is 20.4 Å². The van der Waals surface area contributed by atoms with Crippen LogP contribution in [-0.4, -0.2) is 50.9 Å². The Morgan fingerprint density at radius 2 is 1.85 bits per heavy atom. The Bertz CT molecular complexity index is 681. The number of rotatable bonds is 7. The van der Waals surface area contributed by atoms with Crippen LogP contribution in [0.1, 0.15) is 23.4 Å². The van der Waals surface area contributed by atoms with Gasteiger partial charge in [0.1, 0.15) is 32.2 Å². The van der Waals surface area contributed by atoms with Crippen molar-refractivity contribution >= 4 is 28.7 Å². The van der Waals surface area contributed by atoms with E-state index >= 15 is 0 Å². The van der Waals surface area contributed by atoms with Gasteiger partial charge >= 0.3 is 0 Å². The molecule has 4 nitrogen and oxygen atoms in total. The van der Waals surface area contributed by atoms with E-state index in [1.54, 1.807) is 9.80 Å². The molecule has 1 aliphatic rings. The van der Waals surface area contributed by atoms with E-state index in [2.05, 4.69) is 72.4 Å². The van der Waals surface area contributed by atoms with Gasteiger partial charge in [-0.2, -0.15) is 0 Å². The SMILES string of the molecule is C[C@H](NC(=S)NCCc1ccccc1)[C@H](c1cccs1)[NH+]1CC[NH+](C)CC1. The molecule has 1 saturated heterocycles. The van der Waals surface area contributed by atoms with Gasteiger partial charge in [-0.25, -0.2) is 0 Å². The summed E-state index contributed by atoms with van der Waals surface area (Å²) in [5.41, 5.74) is 1.33. The number of hydrogen-bond donors (Lipinski definition) is 4. The number of thiocarbonyl (C=S) groups is 1. The highest BCUT2D eigenvalue weighted by molar-refractivity contribution is 7.80. The van der Waals surface area contributed by atoms with Gasteiger partial charge in [0, 0.05) is 6.54 Å². The third-order valence-electron chi connectivity index (χ3n) is 5.44. The molecule has 27 heavy (non-hydrogen) atoms. The van der Waals surface area contributed by atoms with Crippen molar-refractivity contribution in [1.82, 2.24) is 10.6 Å². The molecule has 146 valence electrons. The molecule has 1 aromatic carbocycles. The van der Waals surface area contributed by atoms with E-state index in [0.717, 1.165) is 18.1 Å². The Hall–Kier alpha value is -1.47. The second-order valence-corrected chi connectivity index (χ2v) is 8.92. The maximum Gasteiger partial charge on any atom is 0.166 e. The van der Waals surface area contributed by atoms with Gasteiger partial charge in [0.2, 0.25) is 0 Å². The molecule has 0 bridgehead atoms. The monoisotopic (exact) mass is 404 g/mol. The van der Waals surface area contributed by atoms with Crippen molar-refractivity contribution in [1.29, 1.82) is 0 Å². The normalized spacial score (nSPS) is 22.0. The third kappa shape index (κ3) is 6.01. The summed E-state index contributed by atoms with van der Waals surface area (Å²) in [7, 11) is 2.30. The lowest BCUT2D eigenvalue weighted by Crippen LogP contribution is -3.27. The summed E-state index contributed by atoms with van der Waals surface area (Å²) in [5, 5.41) is 9.89. The van der Waals surface area contributed by atoms with Gasteiger partial charge in [-0.05, 0) is 42.6 Å². The summed E-state index contributed by atoms with van der Waals surface area (Å²) >= 11 is 7.45. The van der Waals surface area contributed by atoms with Crippen LogP contribution in [0.2, 0.25) is 0 Å². The largest absolute Gasteiger partial charge is 0.362 e. The third-order valence-corrected chi connectivity index (χ3v) is 6.65. The summed E-state index contributed by atoms with van der Waals surface area (Å²) in [6, 6.07) is 15.7. The van der Waals surface area contributed by atoms with Crippen molar-refractivity contribution in [2.45, 2.75) is 25.4 Å². The number of thiophene rings is 1. The standard InChI is InChI=1S/C21H30N4S2/c1-17(23-21(26)22-11-10-18-7-4-3-5-8-18)20(19-9-6-16-27-19)25-14-12-24(2)13-15-25/h3-9,16-17,20H,10-15H2,1-2H3,(H2,22,23,26)/p+2/t17-,20+/m0/s1. The van der Waals surface area contributed by atoms with Crippen molar-refractivity contribution in [3.8, 4) is 0 Å². The molecule has 1 aliphatic heterocycles. The van der Waals surface area contributed by atoms with Crippen molar-refractivity contribution < 1.29 is 9.80 Å². The van der Waals surface area contributed by atoms with E-state index in [0.29, 0.717) is 12.1 Å². The van der Waals surface area contributed by atoms with Gasteiger partial charge in [-0.1, -0.05) is 36.4 Å². The highest BCUT2D eigenvalue weighted by Gasteiger charge is 2.34. The van der Waals surface area contributed by atoms with E-state index in [9.17, 15) is 0 Å². The molecule has 0 amide bonds. The second-order valence-electron chi connectivity index (χ2n) is 7.53. The minimum absolute atomic E-state index is 0.300. The first kappa shape index (κ1) is 20.3. The van der Waals surface area contributed by atoms with Crippen LogP contribution in [0.4, 0.5) is 0 Å². The molecule has 2 heterocycles. The molecule has 6 heteroatoms. The summed E-state index contributed by atoms with van der Waals surface area (Å²) in [6.45, 7) is 8.04. The minimum Gasteiger partial charge on any atom is -0.362 e. The first-order valence-corrected chi connectivity index (χ1v) is 11.2. The van der Waals surface area contributed by atoms with Crippen LogP contribution in [-0.2, 0) is 6.42 Å². The zero-order valence-corrected chi connectivity index (χ0v) is 18.0. The highest BCUT2D eigenvalue weighted by atomic mass is 32.1. The molecular weight excluding hydrogens is 372 g/mol. The molecule has 1 fully saturated rings. The fraction of sp³-hybridized carbons (Fsp3) is 0.476. The number of nitrogens with one attached hydrogen (secondary N) is 4. The predicted molar refractivity (Wildman–Crippen MR) is 118 cm³/mol. The van der Waals surface area contributed by atoms with Crippen LogP contribution in [0.15, 0.2) is 47.8 Å². The maximum absolute atomic E-state index is 5.58. The molecule has 0 saturated carbocycles. The van der Waals surface area contributed by atoms with Gasteiger partial charge in [0.05, 0.1) is 18.0 Å². The number of piperazine rings is 1. The quantitative estimate of drug-likeness (QED) is 0.501. The van der Waals surface area contributed by atoms with E-state index in [-0.39, 0.29) is 0 Å². The van der Waals surface area contributed by atoms with E-state index in [1.165, 1.54) is 36.6 Å². The van der Waals surface area contributed by atoms with Crippen molar-refractivity contribution in [3.05, 3.63) is 58.3 Å². The van der Waals surface area contributed by atoms with Gasteiger partial charge in [0.15, 0.2) is 5.11 Å². The fourth-order valence-corrected chi connectivity index (χ4v) is 5.16. The lowest BCUT2D eigenvalue weighted by molar-refractivity contribution is -1.02. The molecule has 4 N–H and O–H groups in total. The summed E-state index contributed by atoms with van der Waals surface area (Å²) < 4.78 is 0. The minimum atomic E-state index is 0.300. The summed E-state index contributed by atoms with van der Waals surface area (Å²) in [5.74, 6) is 0. The Labute approximate surface area is 172 Å². The smallest absolute Gasteiger partial charge is 0.166 e. The Kier molecular flexibility index (Phi) is 7.64. The molecule has 0 radical (unpaired) electrons. The maximum atomic E-state index is 5.58. The van der Waals surface area contributed by atoms with Crippen molar-refractivity contribution in [3.63, 3.8) is 0 Å². The van der Waals surface area contributed by atoms with Crippen LogP contribution in [0.25, 0.3) is 0 Å². The average Bonchev–Trinajstić information content (AvgIpc) is 3.18. The van der Waals surface area contributed by atoms with Crippen LogP contribution in [0, 0.1) is 0 Å². The second kappa shape index (κ2) is 10.2. The molecule has 2 aromatic rings. The van der Waals surface area contributed by atoms with Crippen LogP contribution >= 0.6 is 23.6 Å². The molecule has 0 unspecified atom stereocenters. The topological polar surface area (TPSA) is 32.9 Å². The van der Waals surface area contributed by atoms with Crippen LogP contribution < -0.4 is 20.4 Å². The summed E-state index contributed by atoms with van der Waals surface area (Å²) in [4.78, 5) is 4.77. The van der Waals surface area contributed by atoms with Crippen LogP contribution in [0.3, 0.4) is 0 Å². The van der Waals surface area contributed by atoms with Gasteiger partial charge in [-0.15, -0.1) is 11.3 Å². The first-order valence-electron chi connectivity index (χ1n) is 9.91. The lowest BCUT2D eigenvalue weighted by atomic mass is 10.1. The fourth-order valence-electron chi connectivity index (χ4n) is 3.88. The number of likely N-dealkylation sites (N-methyl/N-ethyl adjacent to an activating group) is 1. The van der Waals surface area contributed by atoms with E-state index in [1.807, 2.05) is 11.3 Å². The zero-order chi connectivity index (χ0) is 19.1. The zero-order valence-electron chi connectivity index (χ0n) is 16.3. The Morgan fingerprint density at radius 1 is 1.11 bits per heavy atom. The van der Waals surface area contributed by atoms with E-state index < -0.39 is 0 Å². The van der Waals surface area contributed by atoms with Crippen molar-refractivity contribution in [2.75, 3.05) is 39.8 Å². The molecule has 3 rings (SSSR count). The molecule has 0 spiro atoms. The van der Waals surface area contributed by atoms with Crippen molar-refractivity contribution in [2.24, 2.45) is 0 Å².